The van der Waals surface area contributed by atoms with Crippen molar-refractivity contribution in [3.05, 3.63) is 179 Å². The molecular formula is C54H44N4. The van der Waals surface area contributed by atoms with Gasteiger partial charge in [-0.3, -0.25) is 9.97 Å². The van der Waals surface area contributed by atoms with Crippen LogP contribution in [0.5, 0.6) is 0 Å². The number of pyridine rings is 2. The molecule has 58 heavy (non-hydrogen) atoms. The van der Waals surface area contributed by atoms with Crippen LogP contribution in [-0.4, -0.2) is 19.1 Å². The van der Waals surface area contributed by atoms with Gasteiger partial charge in [-0.05, 0) is 171 Å². The van der Waals surface area contributed by atoms with E-state index in [1.165, 1.54) is 111 Å². The Hall–Kier alpha value is -6.52. The number of benzene rings is 5. The summed E-state index contributed by atoms with van der Waals surface area (Å²) in [5, 5.41) is 4.06. The van der Waals surface area contributed by atoms with Crippen molar-refractivity contribution in [3.63, 3.8) is 0 Å². The van der Waals surface area contributed by atoms with Gasteiger partial charge in [0.05, 0.1) is 16.6 Å². The molecule has 0 saturated heterocycles. The van der Waals surface area contributed by atoms with Crippen LogP contribution in [-0.2, 0) is 6.42 Å². The molecule has 0 saturated carbocycles. The van der Waals surface area contributed by atoms with Crippen LogP contribution in [0.3, 0.4) is 0 Å². The molecule has 4 heterocycles. The zero-order valence-corrected chi connectivity index (χ0v) is 33.4. The monoisotopic (exact) mass is 748 g/mol. The summed E-state index contributed by atoms with van der Waals surface area (Å²) in [5.74, 6) is 1.26. The number of hydrogen-bond donors (Lipinski definition) is 0. The maximum Gasteiger partial charge on any atom is 0.0582 e. The molecule has 0 amide bonds. The minimum Gasteiger partial charge on any atom is -0.313 e. The number of aromatic nitrogens is 4. The van der Waals surface area contributed by atoms with E-state index >= 15 is 0 Å². The SMILES string of the molecule is CC1c2cc3c4c(n(-c5ccccc5)c3c3c2-c2c(cc5c6cc(-c7ccncc7)ccc6n(-c6ccccc6)c5c2C(C)C3C)C1C)CCC(c1ccncc1)=C4. The molecule has 3 aliphatic rings. The molecule has 4 atom stereocenters. The van der Waals surface area contributed by atoms with Gasteiger partial charge in [-0.1, -0.05) is 70.2 Å². The molecule has 5 aromatic carbocycles. The standard InChI is InChI=1S/C54H44N4/c1-31-32(2)42-30-46-44-28-38(36-21-25-56-26-22-36)16-18-48(44)58(40-13-9-6-10-14-40)54(46)50-34(4)33(3)49-51(52(42)50)41(31)29-45-43-27-37(35-19-23-55-24-20-35)15-17-47(43)57(53(45)49)39-11-7-5-8-12-39/h5-15,17,19-34H,16,18H2,1-4H3. The maximum atomic E-state index is 4.34. The number of rotatable bonds is 4. The highest BCUT2D eigenvalue weighted by molar-refractivity contribution is 6.15. The molecular weight excluding hydrogens is 705 g/mol. The predicted octanol–water partition coefficient (Wildman–Crippen LogP) is 13.8. The van der Waals surface area contributed by atoms with Gasteiger partial charge in [0, 0.05) is 63.6 Å². The molecule has 9 aromatic rings. The minimum absolute atomic E-state index is 0.273. The lowest BCUT2D eigenvalue weighted by atomic mass is 9.62. The van der Waals surface area contributed by atoms with Crippen LogP contribution in [0, 0.1) is 0 Å². The lowest BCUT2D eigenvalue weighted by Gasteiger charge is -2.42. The lowest BCUT2D eigenvalue weighted by molar-refractivity contribution is 0.584. The van der Waals surface area contributed by atoms with Gasteiger partial charge < -0.3 is 9.13 Å². The van der Waals surface area contributed by atoms with Gasteiger partial charge in [-0.15, -0.1) is 0 Å². The van der Waals surface area contributed by atoms with Gasteiger partial charge in [0.2, 0.25) is 0 Å². The summed E-state index contributed by atoms with van der Waals surface area (Å²) >= 11 is 0. The summed E-state index contributed by atoms with van der Waals surface area (Å²) in [5.41, 5.74) is 23.3. The number of nitrogens with zero attached hydrogens (tertiary/aromatic N) is 4. The van der Waals surface area contributed by atoms with Crippen LogP contribution in [0.1, 0.15) is 96.9 Å². The highest BCUT2D eigenvalue weighted by Crippen LogP contribution is 2.61. The Morgan fingerprint density at radius 2 is 1.03 bits per heavy atom. The third-order valence-electron chi connectivity index (χ3n) is 14.3. The molecule has 280 valence electrons. The van der Waals surface area contributed by atoms with Crippen molar-refractivity contribution >= 4 is 44.4 Å². The smallest absolute Gasteiger partial charge is 0.0582 e. The first-order valence-corrected chi connectivity index (χ1v) is 21.0. The molecule has 0 spiro atoms. The third kappa shape index (κ3) is 4.57. The Balaban J connectivity index is 1.22. The highest BCUT2D eigenvalue weighted by atomic mass is 15.0. The van der Waals surface area contributed by atoms with Crippen molar-refractivity contribution in [2.45, 2.75) is 64.2 Å². The quantitative estimate of drug-likeness (QED) is 0.180. The topological polar surface area (TPSA) is 35.6 Å². The minimum atomic E-state index is 0.273. The lowest BCUT2D eigenvalue weighted by Crippen LogP contribution is -2.24. The molecule has 0 radical (unpaired) electrons. The molecule has 0 aliphatic heterocycles. The normalized spacial score (nSPS) is 19.3. The van der Waals surface area contributed by atoms with Gasteiger partial charge in [0.25, 0.3) is 0 Å². The van der Waals surface area contributed by atoms with Crippen molar-refractivity contribution in [2.75, 3.05) is 0 Å². The summed E-state index contributed by atoms with van der Waals surface area (Å²) in [7, 11) is 0. The Bertz CT molecular complexity index is 3150. The molecule has 4 unspecified atom stereocenters. The second kappa shape index (κ2) is 12.5. The molecule has 0 bridgehead atoms. The summed E-state index contributed by atoms with van der Waals surface area (Å²) in [6.45, 7) is 9.98. The zero-order valence-electron chi connectivity index (χ0n) is 33.4. The average molecular weight is 749 g/mol. The maximum absolute atomic E-state index is 4.34. The molecule has 12 rings (SSSR count). The Kier molecular flexibility index (Phi) is 7.24. The number of para-hydroxylation sites is 2. The molecule has 4 heteroatoms. The van der Waals surface area contributed by atoms with Crippen molar-refractivity contribution in [2.24, 2.45) is 0 Å². The second-order valence-corrected chi connectivity index (χ2v) is 17.0. The number of hydrogen-bond acceptors (Lipinski definition) is 2. The van der Waals surface area contributed by atoms with Gasteiger partial charge in [0.1, 0.15) is 0 Å². The fraction of sp³-hybridized carbons (Fsp3) is 0.185. The largest absolute Gasteiger partial charge is 0.313 e. The molecule has 4 aromatic heterocycles. The number of allylic oxidation sites excluding steroid dienone is 1. The summed E-state index contributed by atoms with van der Waals surface area (Å²) in [4.78, 5) is 8.66. The van der Waals surface area contributed by atoms with Crippen LogP contribution in [0.4, 0.5) is 0 Å². The van der Waals surface area contributed by atoms with E-state index in [1.807, 2.05) is 24.8 Å². The zero-order chi connectivity index (χ0) is 38.8. The van der Waals surface area contributed by atoms with Crippen LogP contribution in [0.15, 0.2) is 140 Å². The van der Waals surface area contributed by atoms with Gasteiger partial charge in [0.15, 0.2) is 0 Å². The van der Waals surface area contributed by atoms with Crippen LogP contribution in [0.2, 0.25) is 0 Å². The number of fused-ring (bicyclic) bond motifs is 8. The van der Waals surface area contributed by atoms with E-state index in [0.717, 1.165) is 12.8 Å². The molecule has 4 nitrogen and oxygen atoms in total. The van der Waals surface area contributed by atoms with Crippen LogP contribution < -0.4 is 0 Å². The van der Waals surface area contributed by atoms with Gasteiger partial charge in [-0.25, -0.2) is 0 Å². The van der Waals surface area contributed by atoms with E-state index in [-0.39, 0.29) is 11.8 Å². The average Bonchev–Trinajstić information content (AvgIpc) is 3.79. The molecule has 3 aliphatic carbocycles. The van der Waals surface area contributed by atoms with Crippen LogP contribution >= 0.6 is 0 Å². The van der Waals surface area contributed by atoms with E-state index in [1.54, 1.807) is 0 Å². The third-order valence-corrected chi connectivity index (χ3v) is 14.3. The van der Waals surface area contributed by atoms with E-state index in [9.17, 15) is 0 Å². The van der Waals surface area contributed by atoms with Crippen molar-refractivity contribution in [3.8, 4) is 33.6 Å². The summed E-state index contributed by atoms with van der Waals surface area (Å²) < 4.78 is 5.22. The first kappa shape index (κ1) is 33.6. The van der Waals surface area contributed by atoms with E-state index in [4.69, 9.17) is 0 Å². The van der Waals surface area contributed by atoms with Crippen LogP contribution in [0.25, 0.3) is 78.0 Å². The first-order valence-electron chi connectivity index (χ1n) is 21.0. The first-order chi connectivity index (χ1) is 28.5. The van der Waals surface area contributed by atoms with Gasteiger partial charge in [-0.2, -0.15) is 0 Å². The highest BCUT2D eigenvalue weighted by Gasteiger charge is 2.43. The summed E-state index contributed by atoms with van der Waals surface area (Å²) in [6, 6.07) is 43.0. The van der Waals surface area contributed by atoms with E-state index in [2.05, 4.69) is 168 Å². The molecule has 0 N–H and O–H groups in total. The Morgan fingerprint density at radius 3 is 1.66 bits per heavy atom. The van der Waals surface area contributed by atoms with Crippen molar-refractivity contribution in [1.82, 2.24) is 19.1 Å². The van der Waals surface area contributed by atoms with Crippen molar-refractivity contribution in [1.29, 1.82) is 0 Å². The predicted molar refractivity (Wildman–Crippen MR) is 240 cm³/mol. The Morgan fingerprint density at radius 1 is 0.483 bits per heavy atom. The van der Waals surface area contributed by atoms with E-state index < -0.39 is 0 Å². The fourth-order valence-corrected chi connectivity index (χ4v) is 11.1. The summed E-state index contributed by atoms with van der Waals surface area (Å²) in [6.07, 6.45) is 12.1. The van der Waals surface area contributed by atoms with Gasteiger partial charge >= 0.3 is 0 Å². The molecule has 0 fully saturated rings. The second-order valence-electron chi connectivity index (χ2n) is 17.0. The fourth-order valence-electron chi connectivity index (χ4n) is 11.1. The Labute approximate surface area is 339 Å². The van der Waals surface area contributed by atoms with Crippen molar-refractivity contribution < 1.29 is 0 Å². The van der Waals surface area contributed by atoms with E-state index in [0.29, 0.717) is 11.8 Å².